The summed E-state index contributed by atoms with van der Waals surface area (Å²) < 4.78 is 11.7. The molecule has 1 aliphatic rings. The maximum atomic E-state index is 15.1. The molecule has 12 amide bonds. The normalized spacial score (nSPS) is 23.2. The summed E-state index contributed by atoms with van der Waals surface area (Å²) in [6, 6.07) is -12.6. The second-order valence-electron chi connectivity index (χ2n) is 28.0. The molecule has 2 rings (SSSR count). The predicted octanol–water partition coefficient (Wildman–Crippen LogP) is -5.44. The van der Waals surface area contributed by atoms with Crippen molar-refractivity contribution in [3.63, 3.8) is 0 Å². The van der Waals surface area contributed by atoms with E-state index >= 15 is 14.4 Å². The highest BCUT2D eigenvalue weighted by molar-refractivity contribution is 5.99. The number of guanidine groups is 2. The number of nitrogens with zero attached hydrogens (tertiary/aromatic N) is 4. The number of ether oxygens (including phenoxy) is 2. The number of amides is 12. The fourth-order valence-corrected chi connectivity index (χ4v) is 11.7. The Morgan fingerprint density at radius 2 is 1.19 bits per heavy atom. The third-order valence-corrected chi connectivity index (χ3v) is 18.5. The highest BCUT2D eigenvalue weighted by atomic mass is 16.5. The van der Waals surface area contributed by atoms with Gasteiger partial charge in [-0.15, -0.1) is 0 Å². The van der Waals surface area contributed by atoms with Crippen molar-refractivity contribution in [3.05, 3.63) is 29.8 Å². The topological polar surface area (TPSA) is 625 Å². The van der Waals surface area contributed by atoms with E-state index < -0.39 is 204 Å². The first kappa shape index (κ1) is 92.6. The first-order chi connectivity index (χ1) is 49.3. The Bertz CT molecular complexity index is 3230. The van der Waals surface area contributed by atoms with E-state index in [0.29, 0.717) is 6.42 Å². The van der Waals surface area contributed by atoms with Gasteiger partial charge in [-0.2, -0.15) is 0 Å². The van der Waals surface area contributed by atoms with E-state index in [9.17, 15) is 73.5 Å². The van der Waals surface area contributed by atoms with Crippen LogP contribution in [0.1, 0.15) is 146 Å². The minimum Gasteiger partial charge on any atom is -0.508 e. The fraction of sp³-hybridized carbons (Fsp3) is 0.691. The lowest BCUT2D eigenvalue weighted by Crippen LogP contribution is -2.65. The van der Waals surface area contributed by atoms with Crippen molar-refractivity contribution >= 4 is 88.8 Å². The van der Waals surface area contributed by atoms with Crippen LogP contribution < -0.4 is 76.9 Å². The van der Waals surface area contributed by atoms with Crippen LogP contribution in [0.25, 0.3) is 0 Å². The Labute approximate surface area is 617 Å². The Kier molecular flexibility index (Phi) is 38.2. The molecule has 1 saturated heterocycles. The number of aliphatic hydroxyl groups is 4. The number of nitrogens with two attached hydrogens (primary N) is 6. The summed E-state index contributed by atoms with van der Waals surface area (Å²) >= 11 is 0. The zero-order valence-electron chi connectivity index (χ0n) is 63.2. The van der Waals surface area contributed by atoms with Crippen molar-refractivity contribution in [2.45, 2.75) is 231 Å². The molecule has 0 bridgehead atoms. The van der Waals surface area contributed by atoms with Crippen LogP contribution in [0.3, 0.4) is 0 Å². The van der Waals surface area contributed by atoms with E-state index in [1.54, 1.807) is 20.8 Å². The molecule has 0 aromatic heterocycles. The van der Waals surface area contributed by atoms with Crippen LogP contribution in [-0.2, 0) is 71.8 Å². The first-order valence-corrected chi connectivity index (χ1v) is 35.2. The molecule has 1 aromatic rings. The van der Waals surface area contributed by atoms with Gasteiger partial charge in [-0.25, -0.2) is 4.79 Å². The third kappa shape index (κ3) is 28.7. The van der Waals surface area contributed by atoms with Crippen molar-refractivity contribution in [3.8, 4) is 5.75 Å². The molecule has 25 N–H and O–H groups in total. The minimum absolute atomic E-state index is 0.00975. The number of carbonyl (C=O) groups excluding carboxylic acids is 13. The molecule has 1 aromatic carbocycles. The number of cyclic esters (lactones) is 1. The lowest BCUT2D eigenvalue weighted by Gasteiger charge is -2.36. The van der Waals surface area contributed by atoms with Gasteiger partial charge in [-0.05, 0) is 114 Å². The van der Waals surface area contributed by atoms with Crippen LogP contribution >= 0.6 is 0 Å². The van der Waals surface area contributed by atoms with Crippen molar-refractivity contribution in [2.24, 2.45) is 79.9 Å². The molecule has 0 unspecified atom stereocenters. The average Bonchev–Trinajstić information content (AvgIpc) is 0.811. The van der Waals surface area contributed by atoms with Crippen LogP contribution in [0.5, 0.6) is 5.75 Å². The monoisotopic (exact) mass is 1500 g/mol. The largest absolute Gasteiger partial charge is 0.508 e. The van der Waals surface area contributed by atoms with Crippen molar-refractivity contribution < 1.29 is 97.3 Å². The SMILES string of the molecule is CO[C@@H](c1ccc(O)cc1)[C@H]1NC(=O)[C@H](CCC(N)=O)N(C)C(=O)[C@H](CC(C)C)NC(=O)[C@@H](CCCN=C(N)N)NC(=O)[C@H]([C@@H](C)O)NC(=O)[C@H](NC(=O)[C@@H](NC(=O)[C@H](O)[C@H](O)[C@H](CCCN=C(N)N)NC(=O)[C@@H](C)NC(=O)[C@H](C)[C@H](O)[C@H](C)CC(C)C)[C@@H](C)[C@@H](C)C(N)=O)[C@@H](C)OC(=O)[C@H](C)N(C)C1=O. The molecule has 0 aliphatic carbocycles. The Balaban J connectivity index is 3.02. The number of benzene rings is 1. The number of hydrogen-bond acceptors (Lipinski definition) is 22. The Morgan fingerprint density at radius 1 is 0.623 bits per heavy atom. The molecule has 1 aliphatic heterocycles. The van der Waals surface area contributed by atoms with Gasteiger partial charge in [0, 0.05) is 46.6 Å². The number of rotatable bonds is 34. The molecule has 38 nitrogen and oxygen atoms in total. The van der Waals surface area contributed by atoms with Crippen molar-refractivity contribution in [1.82, 2.24) is 52.3 Å². The van der Waals surface area contributed by atoms with E-state index in [1.807, 2.05) is 13.8 Å². The molecule has 0 saturated carbocycles. The second-order valence-corrected chi connectivity index (χ2v) is 28.0. The number of likely N-dealkylation sites (N-methyl/N-ethyl adjacent to an activating group) is 2. The molecule has 1 fully saturated rings. The van der Waals surface area contributed by atoms with Gasteiger partial charge in [0.2, 0.25) is 65.0 Å². The number of aliphatic hydroxyl groups excluding tert-OH is 4. The summed E-state index contributed by atoms with van der Waals surface area (Å²) in [5.41, 5.74) is 33.6. The van der Waals surface area contributed by atoms with Crippen LogP contribution in [-0.4, -0.2) is 249 Å². The molecule has 106 heavy (non-hydrogen) atoms. The molecule has 1 heterocycles. The number of phenolic OH excluding ortho intramolecular Hbond substituents is 1. The standard InChI is InChI=1S/C68H116N18O20/c1-30(2)28-32(5)51(90)35(8)56(94)77-36(9)57(95)78-42(18-16-26-75-67(71)72)52(91)53(92)63(101)81-47(33(6)34(7)55(70)93)60(98)83-49-39(12)106-66(104)37(10)85(13)65(103)50(54(105-15)40-20-22-41(88)23-21-40)84-59(97)45(24-25-46(69)89)86(14)64(102)44(29-31(3)4)80-58(96)43(19-17-27-76-68(73)74)79-61(99)48(38(11)87)82-62(49)100/h20-23,30-39,42-45,47-54,87-88,90-92H,16-19,24-29H2,1-15H3,(H2,69,89)(H2,70,93)(H,77,94)(H,78,95)(H,79,99)(H,80,96)(H,81,101)(H,82,100)(H,83,98)(H,84,97)(H4,71,72,75)(H4,73,74,76)/t32-,33+,34-,35-,36-,37+,38-,39-,42+,43-,44+,45+,47+,48+,49-,50-,51-,52-,53-,54+/m1/s1. The van der Waals surface area contributed by atoms with Crippen molar-refractivity contribution in [1.29, 1.82) is 0 Å². The summed E-state index contributed by atoms with van der Waals surface area (Å²) in [5, 5.41) is 75.7. The van der Waals surface area contributed by atoms with Gasteiger partial charge in [0.15, 0.2) is 18.0 Å². The number of methoxy groups -OCH3 is 1. The van der Waals surface area contributed by atoms with Crippen LogP contribution in [0.15, 0.2) is 34.3 Å². The molecular weight excluding hydrogens is 1390 g/mol. The molecule has 38 heteroatoms. The van der Waals surface area contributed by atoms with E-state index in [0.717, 1.165) is 37.6 Å². The maximum Gasteiger partial charge on any atom is 0.328 e. The molecule has 0 spiro atoms. The smallest absolute Gasteiger partial charge is 0.328 e. The van der Waals surface area contributed by atoms with Crippen LogP contribution in [0, 0.1) is 35.5 Å². The van der Waals surface area contributed by atoms with E-state index in [1.165, 1.54) is 66.1 Å². The first-order valence-electron chi connectivity index (χ1n) is 35.2. The number of aliphatic imine (C=N–C) groups is 2. The maximum absolute atomic E-state index is 15.1. The summed E-state index contributed by atoms with van der Waals surface area (Å²) in [6.07, 6.45) is -12.4. The van der Waals surface area contributed by atoms with Gasteiger partial charge in [0.1, 0.15) is 78.4 Å². The fourth-order valence-electron chi connectivity index (χ4n) is 11.7. The predicted molar refractivity (Wildman–Crippen MR) is 386 cm³/mol. The number of aromatic hydroxyl groups is 1. The summed E-state index contributed by atoms with van der Waals surface area (Å²) in [6.45, 7) is 17.4. The van der Waals surface area contributed by atoms with Crippen molar-refractivity contribution in [2.75, 3.05) is 34.3 Å². The van der Waals surface area contributed by atoms with E-state index in [-0.39, 0.29) is 86.2 Å². The highest BCUT2D eigenvalue weighted by Crippen LogP contribution is 2.27. The molecule has 0 radical (unpaired) electrons. The summed E-state index contributed by atoms with van der Waals surface area (Å²) in [4.78, 5) is 196. The number of esters is 1. The zero-order chi connectivity index (χ0) is 81.1. The third-order valence-electron chi connectivity index (χ3n) is 18.5. The van der Waals surface area contributed by atoms with Gasteiger partial charge in [0.05, 0.1) is 24.2 Å². The van der Waals surface area contributed by atoms with Gasteiger partial charge in [-0.3, -0.25) is 67.5 Å². The Hall–Kier alpha value is -9.53. The second kappa shape index (κ2) is 43.8. The number of phenols is 1. The number of hydrogen-bond donors (Lipinski definition) is 19. The number of nitrogens with one attached hydrogen (secondary N) is 8. The molecule has 20 atom stereocenters. The Morgan fingerprint density at radius 3 is 1.72 bits per heavy atom. The quantitative estimate of drug-likeness (QED) is 0.0132. The van der Waals surface area contributed by atoms with E-state index in [2.05, 4.69) is 52.5 Å². The van der Waals surface area contributed by atoms with Crippen LogP contribution in [0.4, 0.5) is 0 Å². The number of primary amides is 2. The lowest BCUT2D eigenvalue weighted by molar-refractivity contribution is -0.162. The highest BCUT2D eigenvalue weighted by Gasteiger charge is 2.45. The minimum atomic E-state index is -2.58. The average molecular weight is 1510 g/mol. The molecule has 598 valence electrons. The van der Waals surface area contributed by atoms with Crippen LogP contribution in [0.2, 0.25) is 0 Å². The van der Waals surface area contributed by atoms with E-state index in [4.69, 9.17) is 43.9 Å². The van der Waals surface area contributed by atoms with Gasteiger partial charge in [-0.1, -0.05) is 67.5 Å². The number of carbonyl (C=O) groups is 13. The zero-order valence-corrected chi connectivity index (χ0v) is 63.2. The lowest BCUT2D eigenvalue weighted by atomic mass is 9.87. The van der Waals surface area contributed by atoms with Gasteiger partial charge < -0.3 is 122 Å². The van der Waals surface area contributed by atoms with Gasteiger partial charge in [0.25, 0.3) is 5.91 Å². The van der Waals surface area contributed by atoms with Gasteiger partial charge >= 0.3 is 5.97 Å². The summed E-state index contributed by atoms with van der Waals surface area (Å²) in [5.74, 6) is -19.8. The summed E-state index contributed by atoms with van der Waals surface area (Å²) in [7, 11) is 3.47. The molecular formula is C68H116N18O20.